The van der Waals surface area contributed by atoms with Gasteiger partial charge in [0.1, 0.15) is 12.6 Å². The molecule has 15 heteroatoms. The second-order valence-electron chi connectivity index (χ2n) is 8.20. The molecule has 9 N–H and O–H groups in total. The summed E-state index contributed by atoms with van der Waals surface area (Å²) in [6.45, 7) is 1.39. The number of amides is 2. The predicted molar refractivity (Wildman–Crippen MR) is 134 cm³/mol. The second kappa shape index (κ2) is 13.5. The van der Waals surface area contributed by atoms with E-state index < -0.39 is 60.4 Å². The standard InChI is InChI=1S/C23H31N7O8/c1-2-29-15(9-6-10-26-22(24)25)20(35)30(23(29)38)12-16(31)27-14(11-17(32)33)19(34)28-18(21(36)37)13-7-4-3-5-8-13/h3-5,7-8,14,18,35H,2,6,9-12H2,1H3,(H,27,31)(H,28,34)(H,32,33)(H,36,37)(H4,24,25,26)/t14-,18-/m0/s1. The fourth-order valence-corrected chi connectivity index (χ4v) is 3.74. The SMILES string of the molecule is CCn1c(CCCN=C(N)N)c(O)n(CC(=O)N[C@@H](CC(=O)O)C(=O)N[C@H](C(=O)O)c2ccccc2)c1=O. The predicted octanol–water partition coefficient (Wildman–Crippen LogP) is -1.52. The fourth-order valence-electron chi connectivity index (χ4n) is 3.74. The van der Waals surface area contributed by atoms with Gasteiger partial charge >= 0.3 is 17.6 Å². The molecule has 0 saturated carbocycles. The highest BCUT2D eigenvalue weighted by Crippen LogP contribution is 2.18. The third-order valence-corrected chi connectivity index (χ3v) is 5.48. The Bertz CT molecular complexity index is 1250. The Labute approximate surface area is 216 Å². The molecule has 0 aliphatic rings. The van der Waals surface area contributed by atoms with Crippen molar-refractivity contribution in [1.82, 2.24) is 19.8 Å². The monoisotopic (exact) mass is 533 g/mol. The van der Waals surface area contributed by atoms with Gasteiger partial charge in [0.2, 0.25) is 17.7 Å². The number of imidazole rings is 1. The number of nitrogens with two attached hydrogens (primary N) is 2. The molecule has 2 aromatic rings. The lowest BCUT2D eigenvalue weighted by atomic mass is 10.1. The van der Waals surface area contributed by atoms with Gasteiger partial charge in [0.15, 0.2) is 12.0 Å². The van der Waals surface area contributed by atoms with E-state index in [1.807, 2.05) is 0 Å². The zero-order valence-corrected chi connectivity index (χ0v) is 20.7. The summed E-state index contributed by atoms with van der Waals surface area (Å²) in [5, 5.41) is 33.8. The van der Waals surface area contributed by atoms with Gasteiger partial charge in [-0.3, -0.25) is 28.5 Å². The van der Waals surface area contributed by atoms with Gasteiger partial charge in [-0.25, -0.2) is 9.59 Å². The average Bonchev–Trinajstić information content (AvgIpc) is 3.07. The summed E-state index contributed by atoms with van der Waals surface area (Å²) in [7, 11) is 0. The summed E-state index contributed by atoms with van der Waals surface area (Å²) >= 11 is 0. The number of carboxylic acid groups (broad SMARTS) is 2. The molecule has 2 amide bonds. The third kappa shape index (κ3) is 7.84. The summed E-state index contributed by atoms with van der Waals surface area (Å²) in [6, 6.07) is 4.56. The Morgan fingerprint density at radius 1 is 1.05 bits per heavy atom. The smallest absolute Gasteiger partial charge is 0.331 e. The highest BCUT2D eigenvalue weighted by atomic mass is 16.4. The second-order valence-corrected chi connectivity index (χ2v) is 8.20. The summed E-state index contributed by atoms with van der Waals surface area (Å²) < 4.78 is 2.05. The van der Waals surface area contributed by atoms with Gasteiger partial charge in [0, 0.05) is 13.1 Å². The fraction of sp³-hybridized carbons (Fsp3) is 0.391. The number of aliphatic imine (C=N–C) groups is 1. The molecular weight excluding hydrogens is 502 g/mol. The highest BCUT2D eigenvalue weighted by Gasteiger charge is 2.30. The van der Waals surface area contributed by atoms with Crippen LogP contribution in [-0.2, 0) is 38.7 Å². The van der Waals surface area contributed by atoms with E-state index in [1.54, 1.807) is 25.1 Å². The molecule has 0 unspecified atom stereocenters. The largest absolute Gasteiger partial charge is 0.493 e. The van der Waals surface area contributed by atoms with Crippen molar-refractivity contribution in [2.75, 3.05) is 6.54 Å². The van der Waals surface area contributed by atoms with Crippen LogP contribution in [0.3, 0.4) is 0 Å². The van der Waals surface area contributed by atoms with Crippen molar-refractivity contribution in [2.24, 2.45) is 16.5 Å². The number of aromatic hydroxyl groups is 1. The molecule has 1 heterocycles. The van der Waals surface area contributed by atoms with Crippen LogP contribution in [0.2, 0.25) is 0 Å². The maximum atomic E-state index is 12.8. The summed E-state index contributed by atoms with van der Waals surface area (Å²) in [6.07, 6.45) is -0.236. The van der Waals surface area contributed by atoms with E-state index in [1.165, 1.54) is 16.7 Å². The molecule has 0 bridgehead atoms. The van der Waals surface area contributed by atoms with E-state index in [9.17, 15) is 39.3 Å². The van der Waals surface area contributed by atoms with Crippen LogP contribution in [0, 0.1) is 0 Å². The molecule has 0 radical (unpaired) electrons. The third-order valence-electron chi connectivity index (χ3n) is 5.48. The molecule has 15 nitrogen and oxygen atoms in total. The first-order valence-electron chi connectivity index (χ1n) is 11.6. The van der Waals surface area contributed by atoms with Crippen molar-refractivity contribution in [2.45, 2.75) is 51.4 Å². The quantitative estimate of drug-likeness (QED) is 0.0839. The maximum Gasteiger partial charge on any atom is 0.331 e. The number of nitrogens with zero attached hydrogens (tertiary/aromatic N) is 3. The van der Waals surface area contributed by atoms with Crippen molar-refractivity contribution in [3.05, 3.63) is 52.1 Å². The number of rotatable bonds is 14. The number of aromatic nitrogens is 2. The Hall–Kier alpha value is -4.82. The minimum atomic E-state index is -1.66. The van der Waals surface area contributed by atoms with Crippen LogP contribution in [0.4, 0.5) is 0 Å². The Morgan fingerprint density at radius 3 is 2.26 bits per heavy atom. The Kier molecular flexibility index (Phi) is 10.4. The number of guanidine groups is 1. The van der Waals surface area contributed by atoms with Crippen LogP contribution in [0.1, 0.15) is 37.1 Å². The lowest BCUT2D eigenvalue weighted by Crippen LogP contribution is -2.50. The van der Waals surface area contributed by atoms with E-state index in [0.717, 1.165) is 4.57 Å². The molecule has 38 heavy (non-hydrogen) atoms. The highest BCUT2D eigenvalue weighted by molar-refractivity contribution is 5.93. The van der Waals surface area contributed by atoms with Crippen LogP contribution in [0.25, 0.3) is 0 Å². The van der Waals surface area contributed by atoms with Gasteiger partial charge in [0.25, 0.3) is 0 Å². The number of aliphatic carboxylic acids is 2. The van der Waals surface area contributed by atoms with Crippen molar-refractivity contribution in [3.63, 3.8) is 0 Å². The normalized spacial score (nSPS) is 12.2. The molecule has 0 fully saturated rings. The van der Waals surface area contributed by atoms with E-state index in [2.05, 4.69) is 15.6 Å². The number of nitrogens with one attached hydrogen (secondary N) is 2. The molecule has 0 saturated heterocycles. The lowest BCUT2D eigenvalue weighted by molar-refractivity contribution is -0.143. The molecule has 2 atom stereocenters. The van der Waals surface area contributed by atoms with Gasteiger partial charge in [0.05, 0.1) is 12.1 Å². The Morgan fingerprint density at radius 2 is 1.71 bits per heavy atom. The van der Waals surface area contributed by atoms with Crippen LogP contribution in [0.5, 0.6) is 5.88 Å². The zero-order valence-electron chi connectivity index (χ0n) is 20.7. The maximum absolute atomic E-state index is 12.8. The first kappa shape index (κ1) is 29.4. The molecule has 1 aromatic carbocycles. The van der Waals surface area contributed by atoms with E-state index in [0.29, 0.717) is 6.42 Å². The molecule has 1 aromatic heterocycles. The van der Waals surface area contributed by atoms with E-state index in [-0.39, 0.29) is 36.7 Å². The van der Waals surface area contributed by atoms with Gasteiger partial charge in [-0.1, -0.05) is 30.3 Å². The number of hydrogen-bond donors (Lipinski definition) is 7. The summed E-state index contributed by atoms with van der Waals surface area (Å²) in [5.74, 6) is -5.40. The van der Waals surface area contributed by atoms with Gasteiger partial charge < -0.3 is 37.4 Å². The topological polar surface area (TPSA) is 244 Å². The minimum Gasteiger partial charge on any atom is -0.493 e. The van der Waals surface area contributed by atoms with Crippen LogP contribution >= 0.6 is 0 Å². The number of carbonyl (C=O) groups excluding carboxylic acids is 2. The van der Waals surface area contributed by atoms with Crippen LogP contribution in [-0.4, -0.2) is 66.8 Å². The number of hydrogen-bond acceptors (Lipinski definition) is 7. The van der Waals surface area contributed by atoms with E-state index >= 15 is 0 Å². The van der Waals surface area contributed by atoms with Gasteiger partial charge in [-0.15, -0.1) is 0 Å². The van der Waals surface area contributed by atoms with Gasteiger partial charge in [-0.05, 0) is 25.3 Å². The van der Waals surface area contributed by atoms with Crippen molar-refractivity contribution < 1.29 is 34.5 Å². The summed E-state index contributed by atoms with van der Waals surface area (Å²) in [5.41, 5.74) is 10.4. The molecular formula is C23H31N7O8. The van der Waals surface area contributed by atoms with Crippen LogP contribution in [0.15, 0.2) is 40.1 Å². The van der Waals surface area contributed by atoms with Crippen molar-refractivity contribution >= 4 is 29.7 Å². The Balaban J connectivity index is 2.20. The van der Waals surface area contributed by atoms with Crippen LogP contribution < -0.4 is 27.8 Å². The van der Waals surface area contributed by atoms with Crippen molar-refractivity contribution in [1.29, 1.82) is 0 Å². The average molecular weight is 534 g/mol. The lowest BCUT2D eigenvalue weighted by Gasteiger charge is -2.20. The number of benzene rings is 1. The number of carboxylic acids is 2. The molecule has 2 rings (SSSR count). The molecule has 206 valence electrons. The van der Waals surface area contributed by atoms with Crippen molar-refractivity contribution in [3.8, 4) is 5.88 Å². The minimum absolute atomic E-state index is 0.102. The van der Waals surface area contributed by atoms with E-state index in [4.69, 9.17) is 11.5 Å². The molecule has 0 aliphatic heterocycles. The first-order chi connectivity index (χ1) is 18.0. The molecule has 0 spiro atoms. The number of carbonyl (C=O) groups is 4. The molecule has 0 aliphatic carbocycles. The first-order valence-corrected chi connectivity index (χ1v) is 11.6. The summed E-state index contributed by atoms with van der Waals surface area (Å²) in [4.78, 5) is 65.2. The van der Waals surface area contributed by atoms with Gasteiger partial charge in [-0.2, -0.15) is 0 Å². The zero-order chi connectivity index (χ0) is 28.4.